The first-order valence-corrected chi connectivity index (χ1v) is 9.13. The van der Waals surface area contributed by atoms with Crippen LogP contribution in [0.25, 0.3) is 0 Å². The summed E-state index contributed by atoms with van der Waals surface area (Å²) in [5, 5.41) is 5.38. The zero-order valence-corrected chi connectivity index (χ0v) is 15.0. The molecule has 120 valence electrons. The topological polar surface area (TPSA) is 55.4 Å². The molecular formula is C17H16BrNO3S. The molecule has 1 fully saturated rings. The summed E-state index contributed by atoms with van der Waals surface area (Å²) in [6.45, 7) is 2.09. The van der Waals surface area contributed by atoms with E-state index in [1.807, 2.05) is 17.5 Å². The van der Waals surface area contributed by atoms with E-state index in [2.05, 4.69) is 21.2 Å². The van der Waals surface area contributed by atoms with Gasteiger partial charge in [0.2, 0.25) is 0 Å². The molecule has 1 amide bonds. The molecule has 0 atom stereocenters. The van der Waals surface area contributed by atoms with E-state index >= 15 is 0 Å². The summed E-state index contributed by atoms with van der Waals surface area (Å²) in [5.41, 5.74) is 2.04. The Bertz CT molecular complexity index is 752. The fourth-order valence-corrected chi connectivity index (χ4v) is 3.88. The van der Waals surface area contributed by atoms with E-state index in [1.54, 1.807) is 19.1 Å². The molecule has 1 aromatic carbocycles. The van der Waals surface area contributed by atoms with E-state index in [9.17, 15) is 9.59 Å². The van der Waals surface area contributed by atoms with Crippen LogP contribution in [-0.4, -0.2) is 18.5 Å². The van der Waals surface area contributed by atoms with E-state index in [-0.39, 0.29) is 11.9 Å². The third-order valence-electron chi connectivity index (χ3n) is 3.66. The average Bonchev–Trinajstić information content (AvgIpc) is 3.29. The lowest BCUT2D eigenvalue weighted by Crippen LogP contribution is -2.15. The maximum atomic E-state index is 12.5. The van der Waals surface area contributed by atoms with Crippen LogP contribution in [0.4, 0.5) is 5.00 Å². The SMILES string of the molecule is CCOC(=O)c1c(C2CC2)csc1NC(=O)c1ccccc1Br. The number of halogens is 1. The van der Waals surface area contributed by atoms with Crippen LogP contribution >= 0.6 is 27.3 Å². The first-order valence-electron chi connectivity index (χ1n) is 7.46. The number of thiophene rings is 1. The van der Waals surface area contributed by atoms with Gasteiger partial charge in [-0.05, 0) is 64.7 Å². The summed E-state index contributed by atoms with van der Waals surface area (Å²) in [7, 11) is 0. The van der Waals surface area contributed by atoms with Crippen molar-refractivity contribution in [2.24, 2.45) is 0 Å². The standard InChI is InChI=1S/C17H16BrNO3S/c1-2-22-17(21)14-12(10-7-8-10)9-23-16(14)19-15(20)11-5-3-4-6-13(11)18/h3-6,9-10H,2,7-8H2,1H3,(H,19,20). The fourth-order valence-electron chi connectivity index (χ4n) is 2.39. The quantitative estimate of drug-likeness (QED) is 0.740. The minimum atomic E-state index is -0.363. The largest absolute Gasteiger partial charge is 0.462 e. The number of hydrogen-bond acceptors (Lipinski definition) is 4. The maximum Gasteiger partial charge on any atom is 0.341 e. The molecule has 0 saturated heterocycles. The van der Waals surface area contributed by atoms with Gasteiger partial charge in [0.25, 0.3) is 5.91 Å². The number of nitrogens with one attached hydrogen (secondary N) is 1. The Labute approximate surface area is 147 Å². The molecule has 6 heteroatoms. The minimum absolute atomic E-state index is 0.243. The van der Waals surface area contributed by atoms with Crippen LogP contribution in [0.5, 0.6) is 0 Å². The number of carbonyl (C=O) groups is 2. The second kappa shape index (κ2) is 6.84. The molecule has 2 aromatic rings. The van der Waals surface area contributed by atoms with Crippen LogP contribution in [0.15, 0.2) is 34.1 Å². The van der Waals surface area contributed by atoms with Crippen molar-refractivity contribution in [3.05, 3.63) is 50.8 Å². The number of rotatable bonds is 5. The lowest BCUT2D eigenvalue weighted by Gasteiger charge is -2.09. The van der Waals surface area contributed by atoms with Crippen molar-refractivity contribution >= 4 is 44.1 Å². The van der Waals surface area contributed by atoms with Crippen LogP contribution in [0.2, 0.25) is 0 Å². The van der Waals surface area contributed by atoms with E-state index in [4.69, 9.17) is 4.74 Å². The van der Waals surface area contributed by atoms with Gasteiger partial charge >= 0.3 is 5.97 Å². The molecule has 1 aliphatic rings. The van der Waals surface area contributed by atoms with Gasteiger partial charge in [-0.15, -0.1) is 11.3 Å². The van der Waals surface area contributed by atoms with Gasteiger partial charge in [-0.2, -0.15) is 0 Å². The summed E-state index contributed by atoms with van der Waals surface area (Å²) in [4.78, 5) is 24.8. The summed E-state index contributed by atoms with van der Waals surface area (Å²) in [6.07, 6.45) is 2.17. The molecule has 1 aromatic heterocycles. The van der Waals surface area contributed by atoms with E-state index < -0.39 is 0 Å². The van der Waals surface area contributed by atoms with Crippen molar-refractivity contribution in [3.8, 4) is 0 Å². The van der Waals surface area contributed by atoms with Gasteiger partial charge in [0, 0.05) is 4.47 Å². The summed E-state index contributed by atoms with van der Waals surface area (Å²) < 4.78 is 5.88. The highest BCUT2D eigenvalue weighted by molar-refractivity contribution is 9.10. The van der Waals surface area contributed by atoms with Crippen molar-refractivity contribution in [1.29, 1.82) is 0 Å². The highest BCUT2D eigenvalue weighted by Gasteiger charge is 2.32. The lowest BCUT2D eigenvalue weighted by molar-refractivity contribution is 0.0527. The molecule has 0 spiro atoms. The number of esters is 1. The first kappa shape index (κ1) is 16.2. The number of carbonyl (C=O) groups excluding carboxylic acids is 2. The number of hydrogen-bond donors (Lipinski definition) is 1. The summed E-state index contributed by atoms with van der Waals surface area (Å²) >= 11 is 4.75. The molecule has 1 saturated carbocycles. The van der Waals surface area contributed by atoms with Crippen LogP contribution in [0, 0.1) is 0 Å². The van der Waals surface area contributed by atoms with Crippen molar-refractivity contribution in [2.45, 2.75) is 25.7 Å². The maximum absolute atomic E-state index is 12.5. The lowest BCUT2D eigenvalue weighted by atomic mass is 10.1. The Kier molecular flexibility index (Phi) is 4.82. The third-order valence-corrected chi connectivity index (χ3v) is 5.27. The Morgan fingerprint density at radius 3 is 2.74 bits per heavy atom. The van der Waals surface area contributed by atoms with Crippen LogP contribution in [0.1, 0.15) is 52.0 Å². The van der Waals surface area contributed by atoms with E-state index in [0.717, 1.165) is 18.4 Å². The highest BCUT2D eigenvalue weighted by Crippen LogP contribution is 2.46. The van der Waals surface area contributed by atoms with E-state index in [0.29, 0.717) is 33.1 Å². The predicted octanol–water partition coefficient (Wildman–Crippen LogP) is 4.82. The molecule has 0 radical (unpaired) electrons. The summed E-state index contributed by atoms with van der Waals surface area (Å²) in [5.74, 6) is -0.190. The van der Waals surface area contributed by atoms with Crippen LogP contribution in [-0.2, 0) is 4.74 Å². The summed E-state index contributed by atoms with van der Waals surface area (Å²) in [6, 6.07) is 7.20. The van der Waals surface area contributed by atoms with Gasteiger partial charge in [-0.3, -0.25) is 4.79 Å². The van der Waals surface area contributed by atoms with Gasteiger partial charge in [0.1, 0.15) is 5.00 Å². The van der Waals surface area contributed by atoms with Gasteiger partial charge < -0.3 is 10.1 Å². The second-order valence-electron chi connectivity index (χ2n) is 5.32. The minimum Gasteiger partial charge on any atom is -0.462 e. The van der Waals surface area contributed by atoms with Crippen molar-refractivity contribution < 1.29 is 14.3 Å². The molecule has 1 heterocycles. The van der Waals surface area contributed by atoms with Gasteiger partial charge in [0.15, 0.2) is 0 Å². The van der Waals surface area contributed by atoms with Gasteiger partial charge in [-0.25, -0.2) is 4.79 Å². The molecule has 4 nitrogen and oxygen atoms in total. The normalized spacial score (nSPS) is 13.7. The van der Waals surface area contributed by atoms with Gasteiger partial charge in [0.05, 0.1) is 17.7 Å². The van der Waals surface area contributed by atoms with Crippen molar-refractivity contribution in [2.75, 3.05) is 11.9 Å². The number of anilines is 1. The Morgan fingerprint density at radius 2 is 2.09 bits per heavy atom. The van der Waals surface area contributed by atoms with Crippen LogP contribution < -0.4 is 5.32 Å². The molecule has 0 aliphatic heterocycles. The van der Waals surface area contributed by atoms with E-state index in [1.165, 1.54) is 11.3 Å². The monoisotopic (exact) mass is 393 g/mol. The fraction of sp³-hybridized carbons (Fsp3) is 0.294. The zero-order valence-electron chi connectivity index (χ0n) is 12.6. The highest BCUT2D eigenvalue weighted by atomic mass is 79.9. The molecule has 23 heavy (non-hydrogen) atoms. The molecule has 1 N–H and O–H groups in total. The smallest absolute Gasteiger partial charge is 0.341 e. The molecule has 0 bridgehead atoms. The average molecular weight is 394 g/mol. The van der Waals surface area contributed by atoms with Gasteiger partial charge in [-0.1, -0.05) is 12.1 Å². The van der Waals surface area contributed by atoms with Crippen molar-refractivity contribution in [3.63, 3.8) is 0 Å². The zero-order chi connectivity index (χ0) is 16.4. The molecule has 0 unspecified atom stereocenters. The first-order chi connectivity index (χ1) is 11.1. The number of amides is 1. The molecule has 3 rings (SSSR count). The predicted molar refractivity (Wildman–Crippen MR) is 94.3 cm³/mol. The van der Waals surface area contributed by atoms with Crippen LogP contribution in [0.3, 0.4) is 0 Å². The Hall–Kier alpha value is -1.66. The third kappa shape index (κ3) is 3.48. The molecular weight excluding hydrogens is 378 g/mol. The number of benzene rings is 1. The van der Waals surface area contributed by atoms with Crippen molar-refractivity contribution in [1.82, 2.24) is 0 Å². The second-order valence-corrected chi connectivity index (χ2v) is 7.06. The number of ether oxygens (including phenoxy) is 1. The molecule has 1 aliphatic carbocycles. The Morgan fingerprint density at radius 1 is 1.35 bits per heavy atom. The Balaban J connectivity index is 1.89.